The zero-order valence-corrected chi connectivity index (χ0v) is 18.5. The topological polar surface area (TPSA) is 75.7 Å². The molecule has 0 aromatic heterocycles. The molecule has 0 unspecified atom stereocenters. The Morgan fingerprint density at radius 3 is 2.31 bits per heavy atom. The molecule has 1 N–H and O–H groups in total. The summed E-state index contributed by atoms with van der Waals surface area (Å²) in [5, 5.41) is 3.46. The summed E-state index contributed by atoms with van der Waals surface area (Å²) in [6.45, 7) is 4.12. The van der Waals surface area contributed by atoms with E-state index in [9.17, 15) is 13.2 Å². The maximum atomic E-state index is 12.3. The molecule has 6 nitrogen and oxygen atoms in total. The van der Waals surface area contributed by atoms with Gasteiger partial charge in [0.1, 0.15) is 5.75 Å². The van der Waals surface area contributed by atoms with Crippen LogP contribution in [0.4, 0.5) is 5.69 Å². The van der Waals surface area contributed by atoms with Crippen LogP contribution in [0.3, 0.4) is 0 Å². The van der Waals surface area contributed by atoms with Gasteiger partial charge in [0.15, 0.2) is 6.61 Å². The second-order valence-corrected chi connectivity index (χ2v) is 9.28. The van der Waals surface area contributed by atoms with E-state index in [-0.39, 0.29) is 25.1 Å². The molecule has 0 saturated carbocycles. The number of anilines is 1. The van der Waals surface area contributed by atoms with Gasteiger partial charge in [-0.1, -0.05) is 37.1 Å². The van der Waals surface area contributed by atoms with Gasteiger partial charge in [-0.15, -0.1) is 0 Å². The van der Waals surface area contributed by atoms with Crippen LogP contribution in [0.15, 0.2) is 48.5 Å². The summed E-state index contributed by atoms with van der Waals surface area (Å²) in [4.78, 5) is 11.9. The number of rotatable bonds is 10. The number of hydrogen-bond donors (Lipinski definition) is 1. The number of ether oxygens (including phenoxy) is 1. The van der Waals surface area contributed by atoms with Crippen LogP contribution in [-0.4, -0.2) is 33.2 Å². The molecule has 8 heteroatoms. The molecule has 0 heterocycles. The number of hydrogen-bond acceptors (Lipinski definition) is 4. The van der Waals surface area contributed by atoms with Crippen LogP contribution in [-0.2, 0) is 21.4 Å². The molecule has 2 aromatic carbocycles. The summed E-state index contributed by atoms with van der Waals surface area (Å²) >= 11 is 5.89. The smallest absolute Gasteiger partial charge is 0.258 e. The highest BCUT2D eigenvalue weighted by Gasteiger charge is 2.18. The monoisotopic (exact) mass is 438 g/mol. The standard InChI is InChI=1S/C21H27ClN2O4S/c1-4-5-16(2)23-21(25)15-28-20-12-10-19(11-13-20)24(29(3,26)27)14-17-6-8-18(22)9-7-17/h6-13,16H,4-5,14-15H2,1-3H3,(H,23,25)/t16-/m0/s1. The molecule has 0 bridgehead atoms. The van der Waals surface area contributed by atoms with Gasteiger partial charge in [-0.25, -0.2) is 8.42 Å². The number of nitrogens with one attached hydrogen (secondary N) is 1. The quantitative estimate of drug-likeness (QED) is 0.608. The third kappa shape index (κ3) is 7.59. The highest BCUT2D eigenvalue weighted by atomic mass is 35.5. The summed E-state index contributed by atoms with van der Waals surface area (Å²) < 4.78 is 31.4. The zero-order chi connectivity index (χ0) is 21.4. The third-order valence-electron chi connectivity index (χ3n) is 4.26. The van der Waals surface area contributed by atoms with Crippen LogP contribution in [0.5, 0.6) is 5.75 Å². The van der Waals surface area contributed by atoms with E-state index in [0.29, 0.717) is 16.5 Å². The molecule has 29 heavy (non-hydrogen) atoms. The molecule has 1 amide bonds. The van der Waals surface area contributed by atoms with E-state index in [1.807, 2.05) is 6.92 Å². The highest BCUT2D eigenvalue weighted by Crippen LogP contribution is 2.24. The van der Waals surface area contributed by atoms with Gasteiger partial charge in [0, 0.05) is 11.1 Å². The van der Waals surface area contributed by atoms with E-state index in [1.54, 1.807) is 48.5 Å². The van der Waals surface area contributed by atoms with Crippen LogP contribution in [0.1, 0.15) is 32.3 Å². The molecule has 0 saturated heterocycles. The van der Waals surface area contributed by atoms with Crippen LogP contribution in [0.2, 0.25) is 5.02 Å². The van der Waals surface area contributed by atoms with E-state index in [1.165, 1.54) is 4.31 Å². The van der Waals surface area contributed by atoms with Crippen molar-refractivity contribution in [3.63, 3.8) is 0 Å². The first-order valence-corrected chi connectivity index (χ1v) is 11.7. The number of benzene rings is 2. The second-order valence-electron chi connectivity index (χ2n) is 6.94. The Hall–Kier alpha value is -2.25. The molecule has 0 aliphatic carbocycles. The molecular formula is C21H27ClN2O4S. The van der Waals surface area contributed by atoms with Crippen molar-refractivity contribution in [3.05, 3.63) is 59.1 Å². The van der Waals surface area contributed by atoms with Crippen molar-refractivity contribution in [2.24, 2.45) is 0 Å². The van der Waals surface area contributed by atoms with Crippen molar-refractivity contribution < 1.29 is 17.9 Å². The summed E-state index contributed by atoms with van der Waals surface area (Å²) in [5.74, 6) is 0.308. The van der Waals surface area contributed by atoms with Crippen LogP contribution >= 0.6 is 11.6 Å². The van der Waals surface area contributed by atoms with Crippen LogP contribution in [0.25, 0.3) is 0 Å². The third-order valence-corrected chi connectivity index (χ3v) is 5.66. The lowest BCUT2D eigenvalue weighted by Gasteiger charge is -2.23. The summed E-state index contributed by atoms with van der Waals surface area (Å²) in [5.41, 5.74) is 1.33. The summed E-state index contributed by atoms with van der Waals surface area (Å²) in [6.07, 6.45) is 3.07. The number of sulfonamides is 1. The largest absolute Gasteiger partial charge is 0.484 e. The molecular weight excluding hydrogens is 412 g/mol. The predicted octanol–water partition coefficient (Wildman–Crippen LogP) is 3.99. The average molecular weight is 439 g/mol. The van der Waals surface area contributed by atoms with Gasteiger partial charge in [-0.2, -0.15) is 0 Å². The predicted molar refractivity (Wildman–Crippen MR) is 117 cm³/mol. The lowest BCUT2D eigenvalue weighted by molar-refractivity contribution is -0.123. The Labute approximate surface area is 177 Å². The first kappa shape index (κ1) is 23.0. The van der Waals surface area contributed by atoms with Crippen molar-refractivity contribution in [3.8, 4) is 5.75 Å². The first-order valence-electron chi connectivity index (χ1n) is 9.43. The SMILES string of the molecule is CCC[C@H](C)NC(=O)COc1ccc(N(Cc2ccc(Cl)cc2)S(C)(=O)=O)cc1. The van der Waals surface area contributed by atoms with Gasteiger partial charge in [0.25, 0.3) is 5.91 Å². The molecule has 1 atom stereocenters. The fourth-order valence-corrected chi connectivity index (χ4v) is 3.85. The molecule has 158 valence electrons. The van der Waals surface area contributed by atoms with Gasteiger partial charge in [0.05, 0.1) is 18.5 Å². The maximum Gasteiger partial charge on any atom is 0.258 e. The molecule has 0 aliphatic heterocycles. The summed E-state index contributed by atoms with van der Waals surface area (Å²) in [6, 6.07) is 13.7. The molecule has 0 spiro atoms. The van der Waals surface area contributed by atoms with E-state index in [2.05, 4.69) is 12.2 Å². The van der Waals surface area contributed by atoms with Crippen molar-refractivity contribution in [2.45, 2.75) is 39.3 Å². The van der Waals surface area contributed by atoms with E-state index >= 15 is 0 Å². The Morgan fingerprint density at radius 1 is 1.14 bits per heavy atom. The van der Waals surface area contributed by atoms with E-state index < -0.39 is 10.0 Å². The molecule has 2 rings (SSSR count). The van der Waals surface area contributed by atoms with E-state index in [4.69, 9.17) is 16.3 Å². The Balaban J connectivity index is 2.03. The Bertz CT molecular complexity index is 899. The summed E-state index contributed by atoms with van der Waals surface area (Å²) in [7, 11) is -3.49. The fraction of sp³-hybridized carbons (Fsp3) is 0.381. The number of carbonyl (C=O) groups is 1. The van der Waals surface area contributed by atoms with Gasteiger partial charge < -0.3 is 10.1 Å². The number of amides is 1. The average Bonchev–Trinajstić information content (AvgIpc) is 2.65. The first-order chi connectivity index (χ1) is 13.7. The lowest BCUT2D eigenvalue weighted by atomic mass is 10.2. The van der Waals surface area contributed by atoms with Gasteiger partial charge in [-0.05, 0) is 55.3 Å². The molecule has 0 fully saturated rings. The van der Waals surface area contributed by atoms with Crippen LogP contribution in [0, 0.1) is 0 Å². The Kier molecular flexibility index (Phi) is 8.34. The fourth-order valence-electron chi connectivity index (χ4n) is 2.83. The number of halogens is 1. The van der Waals surface area contributed by atoms with Gasteiger partial charge >= 0.3 is 0 Å². The number of nitrogens with zero attached hydrogens (tertiary/aromatic N) is 1. The highest BCUT2D eigenvalue weighted by molar-refractivity contribution is 7.92. The van der Waals surface area contributed by atoms with Crippen molar-refractivity contribution in [1.29, 1.82) is 0 Å². The zero-order valence-electron chi connectivity index (χ0n) is 16.9. The second kappa shape index (κ2) is 10.5. The normalized spacial score (nSPS) is 12.3. The molecule has 2 aromatic rings. The Morgan fingerprint density at radius 2 is 1.76 bits per heavy atom. The minimum absolute atomic E-state index is 0.0893. The van der Waals surface area contributed by atoms with Crippen molar-refractivity contribution >= 4 is 33.2 Å². The van der Waals surface area contributed by atoms with Gasteiger partial charge in [-0.3, -0.25) is 9.10 Å². The lowest BCUT2D eigenvalue weighted by Crippen LogP contribution is -2.35. The maximum absolute atomic E-state index is 12.3. The minimum Gasteiger partial charge on any atom is -0.484 e. The van der Waals surface area contributed by atoms with E-state index in [0.717, 1.165) is 24.7 Å². The number of carbonyl (C=O) groups excluding carboxylic acids is 1. The van der Waals surface area contributed by atoms with Crippen molar-refractivity contribution in [1.82, 2.24) is 5.32 Å². The molecule has 0 radical (unpaired) electrons. The van der Waals surface area contributed by atoms with Gasteiger partial charge in [0.2, 0.25) is 10.0 Å². The van der Waals surface area contributed by atoms with Crippen molar-refractivity contribution in [2.75, 3.05) is 17.2 Å². The molecule has 0 aliphatic rings. The van der Waals surface area contributed by atoms with Crippen LogP contribution < -0.4 is 14.4 Å². The minimum atomic E-state index is -3.49.